The number of likely N-dealkylation sites (tertiary alicyclic amines) is 1. The van der Waals surface area contributed by atoms with E-state index in [1.165, 1.54) is 6.42 Å². The maximum atomic E-state index is 11.9. The summed E-state index contributed by atoms with van der Waals surface area (Å²) in [5, 5.41) is 3.17. The normalized spacial score (nSPS) is 27.1. The Morgan fingerprint density at radius 3 is 2.67 bits per heavy atom. The van der Waals surface area contributed by atoms with Crippen LogP contribution in [0.15, 0.2) is 0 Å². The fourth-order valence-electron chi connectivity index (χ4n) is 2.86. The van der Waals surface area contributed by atoms with Gasteiger partial charge in [-0.2, -0.15) is 0 Å². The van der Waals surface area contributed by atoms with E-state index in [-0.39, 0.29) is 12.0 Å². The first kappa shape index (κ1) is 13.8. The van der Waals surface area contributed by atoms with Gasteiger partial charge in [-0.15, -0.1) is 0 Å². The van der Waals surface area contributed by atoms with Crippen LogP contribution < -0.4 is 5.32 Å². The summed E-state index contributed by atoms with van der Waals surface area (Å²) in [6.45, 7) is 6.37. The maximum Gasteiger partial charge on any atom is 0.222 e. The van der Waals surface area contributed by atoms with Crippen LogP contribution in [0.3, 0.4) is 0 Å². The number of rotatable bonds is 4. The molecule has 2 aliphatic heterocycles. The molecule has 1 atom stereocenters. The quantitative estimate of drug-likeness (QED) is 0.827. The minimum atomic E-state index is 0.162. The molecule has 4 heteroatoms. The molecule has 4 nitrogen and oxygen atoms in total. The second-order valence-corrected chi connectivity index (χ2v) is 5.47. The van der Waals surface area contributed by atoms with Gasteiger partial charge in [-0.3, -0.25) is 4.79 Å². The molecule has 0 aliphatic carbocycles. The molecule has 0 bridgehead atoms. The summed E-state index contributed by atoms with van der Waals surface area (Å²) in [5.74, 6) is 0.178. The molecule has 0 spiro atoms. The van der Waals surface area contributed by atoms with Gasteiger partial charge in [0.15, 0.2) is 0 Å². The summed E-state index contributed by atoms with van der Waals surface area (Å²) in [5.41, 5.74) is 0. The van der Waals surface area contributed by atoms with Crippen LogP contribution in [-0.4, -0.2) is 49.2 Å². The Bertz CT molecular complexity index is 257. The van der Waals surface area contributed by atoms with Crippen molar-refractivity contribution in [1.82, 2.24) is 10.2 Å². The molecule has 2 fully saturated rings. The number of nitrogens with one attached hydrogen (secondary N) is 1. The second kappa shape index (κ2) is 7.10. The van der Waals surface area contributed by atoms with Crippen LogP contribution in [0.2, 0.25) is 0 Å². The first-order valence-electron chi connectivity index (χ1n) is 7.41. The van der Waals surface area contributed by atoms with Gasteiger partial charge in [-0.25, -0.2) is 0 Å². The zero-order valence-electron chi connectivity index (χ0n) is 11.5. The van der Waals surface area contributed by atoms with Crippen molar-refractivity contribution in [2.24, 2.45) is 0 Å². The Labute approximate surface area is 110 Å². The standard InChI is InChI=1S/C14H26N2O2/c1-2-16-8-6-12(7-9-16)15-14(17)11-13-5-3-4-10-18-13/h12-13H,2-11H2,1H3,(H,15,17). The lowest BCUT2D eigenvalue weighted by Gasteiger charge is -2.32. The maximum absolute atomic E-state index is 11.9. The van der Waals surface area contributed by atoms with Gasteiger partial charge in [-0.1, -0.05) is 6.92 Å². The SMILES string of the molecule is CCN1CCC(NC(=O)CC2CCCCO2)CC1. The van der Waals surface area contributed by atoms with Crippen molar-refractivity contribution in [2.45, 2.75) is 57.6 Å². The van der Waals surface area contributed by atoms with Crippen molar-refractivity contribution in [1.29, 1.82) is 0 Å². The van der Waals surface area contributed by atoms with Crippen LogP contribution in [0.1, 0.15) is 45.4 Å². The van der Waals surface area contributed by atoms with Gasteiger partial charge in [0.05, 0.1) is 12.5 Å². The van der Waals surface area contributed by atoms with Gasteiger partial charge in [0.1, 0.15) is 0 Å². The van der Waals surface area contributed by atoms with Crippen LogP contribution in [-0.2, 0) is 9.53 Å². The fourth-order valence-corrected chi connectivity index (χ4v) is 2.86. The van der Waals surface area contributed by atoms with E-state index in [1.54, 1.807) is 0 Å². The lowest BCUT2D eigenvalue weighted by Crippen LogP contribution is -2.45. The van der Waals surface area contributed by atoms with Gasteiger partial charge < -0.3 is 15.0 Å². The van der Waals surface area contributed by atoms with Crippen molar-refractivity contribution in [3.05, 3.63) is 0 Å². The van der Waals surface area contributed by atoms with Crippen molar-refractivity contribution in [2.75, 3.05) is 26.2 Å². The van der Waals surface area contributed by atoms with Gasteiger partial charge >= 0.3 is 0 Å². The summed E-state index contributed by atoms with van der Waals surface area (Å²) < 4.78 is 5.60. The number of hydrogen-bond donors (Lipinski definition) is 1. The molecule has 0 radical (unpaired) electrons. The molecule has 18 heavy (non-hydrogen) atoms. The highest BCUT2D eigenvalue weighted by atomic mass is 16.5. The van der Waals surface area contributed by atoms with Crippen LogP contribution in [0.25, 0.3) is 0 Å². The molecule has 2 heterocycles. The lowest BCUT2D eigenvalue weighted by atomic mass is 10.0. The van der Waals surface area contributed by atoms with Gasteiger partial charge in [-0.05, 0) is 38.6 Å². The Hall–Kier alpha value is -0.610. The third-order valence-corrected chi connectivity index (χ3v) is 4.09. The van der Waals surface area contributed by atoms with E-state index in [9.17, 15) is 4.79 Å². The van der Waals surface area contributed by atoms with Crippen LogP contribution in [0.4, 0.5) is 0 Å². The number of ether oxygens (including phenoxy) is 1. The Balaban J connectivity index is 1.65. The predicted octanol–water partition coefficient (Wildman–Crippen LogP) is 1.55. The van der Waals surface area contributed by atoms with Crippen molar-refractivity contribution >= 4 is 5.91 Å². The molecule has 2 saturated heterocycles. The summed E-state index contributed by atoms with van der Waals surface area (Å²) in [6.07, 6.45) is 6.28. The number of carbonyl (C=O) groups excluding carboxylic acids is 1. The number of carbonyl (C=O) groups is 1. The van der Waals surface area contributed by atoms with Crippen molar-refractivity contribution in [3.8, 4) is 0 Å². The predicted molar refractivity (Wildman–Crippen MR) is 71.5 cm³/mol. The number of hydrogen-bond acceptors (Lipinski definition) is 3. The molecule has 0 aromatic heterocycles. The largest absolute Gasteiger partial charge is 0.378 e. The van der Waals surface area contributed by atoms with E-state index < -0.39 is 0 Å². The van der Waals surface area contributed by atoms with E-state index in [0.29, 0.717) is 12.5 Å². The average Bonchev–Trinajstić information content (AvgIpc) is 2.40. The molecule has 0 aromatic rings. The topological polar surface area (TPSA) is 41.6 Å². The number of nitrogens with zero attached hydrogens (tertiary/aromatic N) is 1. The molecule has 1 N–H and O–H groups in total. The molecule has 2 rings (SSSR count). The fraction of sp³-hybridized carbons (Fsp3) is 0.929. The highest BCUT2D eigenvalue weighted by Crippen LogP contribution is 2.16. The lowest BCUT2D eigenvalue weighted by molar-refractivity contribution is -0.125. The molecule has 2 aliphatic rings. The van der Waals surface area contributed by atoms with E-state index in [4.69, 9.17) is 4.74 Å². The van der Waals surface area contributed by atoms with Crippen LogP contribution in [0, 0.1) is 0 Å². The zero-order chi connectivity index (χ0) is 12.8. The molecule has 104 valence electrons. The third kappa shape index (κ3) is 4.25. The van der Waals surface area contributed by atoms with E-state index in [1.807, 2.05) is 0 Å². The van der Waals surface area contributed by atoms with Gasteiger partial charge in [0.25, 0.3) is 0 Å². The molecule has 1 amide bonds. The van der Waals surface area contributed by atoms with Crippen molar-refractivity contribution in [3.63, 3.8) is 0 Å². The summed E-state index contributed by atoms with van der Waals surface area (Å²) >= 11 is 0. The summed E-state index contributed by atoms with van der Waals surface area (Å²) in [6, 6.07) is 0.379. The molecular weight excluding hydrogens is 228 g/mol. The Morgan fingerprint density at radius 1 is 1.28 bits per heavy atom. The number of piperidine rings is 1. The van der Waals surface area contributed by atoms with Crippen molar-refractivity contribution < 1.29 is 9.53 Å². The summed E-state index contributed by atoms with van der Waals surface area (Å²) in [7, 11) is 0. The van der Waals surface area contributed by atoms with E-state index in [0.717, 1.165) is 51.9 Å². The average molecular weight is 254 g/mol. The first-order chi connectivity index (χ1) is 8.78. The third-order valence-electron chi connectivity index (χ3n) is 4.09. The minimum Gasteiger partial charge on any atom is -0.378 e. The van der Waals surface area contributed by atoms with E-state index in [2.05, 4.69) is 17.1 Å². The van der Waals surface area contributed by atoms with E-state index >= 15 is 0 Å². The Morgan fingerprint density at radius 2 is 2.06 bits per heavy atom. The Kier molecular flexibility index (Phi) is 5.45. The highest BCUT2D eigenvalue weighted by molar-refractivity contribution is 5.76. The smallest absolute Gasteiger partial charge is 0.222 e. The monoisotopic (exact) mass is 254 g/mol. The molecule has 0 aromatic carbocycles. The van der Waals surface area contributed by atoms with Crippen LogP contribution >= 0.6 is 0 Å². The zero-order valence-corrected chi connectivity index (χ0v) is 11.5. The van der Waals surface area contributed by atoms with Crippen LogP contribution in [0.5, 0.6) is 0 Å². The van der Waals surface area contributed by atoms with Gasteiger partial charge in [0.2, 0.25) is 5.91 Å². The number of amides is 1. The molecular formula is C14H26N2O2. The highest BCUT2D eigenvalue weighted by Gasteiger charge is 2.22. The second-order valence-electron chi connectivity index (χ2n) is 5.47. The molecule has 0 saturated carbocycles. The van der Waals surface area contributed by atoms with Gasteiger partial charge in [0, 0.05) is 25.7 Å². The molecule has 1 unspecified atom stereocenters. The first-order valence-corrected chi connectivity index (χ1v) is 7.41. The summed E-state index contributed by atoms with van der Waals surface area (Å²) in [4.78, 5) is 14.4. The minimum absolute atomic E-state index is 0.162.